The molecule has 3 aromatic carbocycles. The average Bonchev–Trinajstić information content (AvgIpc) is 3.12. The lowest BCUT2D eigenvalue weighted by Gasteiger charge is -2.14. The van der Waals surface area contributed by atoms with Gasteiger partial charge in [-0.2, -0.15) is 0 Å². The number of anilines is 1. The molecule has 1 fully saturated rings. The van der Waals surface area contributed by atoms with Gasteiger partial charge in [0, 0.05) is 5.56 Å². The molecule has 0 atom stereocenters. The van der Waals surface area contributed by atoms with Crippen LogP contribution in [-0.4, -0.2) is 24.7 Å². The van der Waals surface area contributed by atoms with Crippen molar-refractivity contribution in [3.05, 3.63) is 89.4 Å². The van der Waals surface area contributed by atoms with Gasteiger partial charge in [0.2, 0.25) is 0 Å². The highest BCUT2D eigenvalue weighted by atomic mass is 32.1. The van der Waals surface area contributed by atoms with Crippen molar-refractivity contribution in [3.8, 4) is 17.2 Å². The second kappa shape index (κ2) is 10.4. The number of hydrogen-bond donors (Lipinski definition) is 1. The van der Waals surface area contributed by atoms with E-state index in [0.29, 0.717) is 34.6 Å². The number of hydrogen-bond acceptors (Lipinski definition) is 5. The number of methoxy groups -OCH3 is 1. The van der Waals surface area contributed by atoms with Crippen molar-refractivity contribution in [1.29, 1.82) is 0 Å². The largest absolute Gasteiger partial charge is 0.496 e. The Balaban J connectivity index is 1.53. The van der Waals surface area contributed by atoms with Crippen molar-refractivity contribution in [1.82, 2.24) is 5.32 Å². The Hall–Kier alpha value is -3.91. The van der Waals surface area contributed by atoms with Gasteiger partial charge in [0.1, 0.15) is 35.4 Å². The minimum atomic E-state index is -0.329. The fourth-order valence-electron chi connectivity index (χ4n) is 3.49. The molecular formula is C26H23FN2O4S. The van der Waals surface area contributed by atoms with E-state index in [1.807, 2.05) is 19.1 Å². The van der Waals surface area contributed by atoms with Crippen LogP contribution in [0.15, 0.2) is 72.4 Å². The van der Waals surface area contributed by atoms with Gasteiger partial charge in [-0.05, 0) is 91.4 Å². The number of carbonyl (C=O) groups is 1. The summed E-state index contributed by atoms with van der Waals surface area (Å²) in [4.78, 5) is 14.5. The zero-order valence-electron chi connectivity index (χ0n) is 18.7. The van der Waals surface area contributed by atoms with Crippen LogP contribution in [0.4, 0.5) is 10.1 Å². The fraction of sp³-hybridized carbons (Fsp3) is 0.154. The molecule has 0 spiro atoms. The highest BCUT2D eigenvalue weighted by Gasteiger charge is 2.32. The smallest absolute Gasteiger partial charge is 0.281 e. The van der Waals surface area contributed by atoms with Crippen LogP contribution in [0, 0.1) is 5.82 Å². The van der Waals surface area contributed by atoms with Gasteiger partial charge in [0.15, 0.2) is 5.11 Å². The molecule has 1 heterocycles. The summed E-state index contributed by atoms with van der Waals surface area (Å²) < 4.78 is 29.8. The lowest BCUT2D eigenvalue weighted by atomic mass is 10.1. The number of carbonyl (C=O) groups excluding carboxylic acids is 1. The highest BCUT2D eigenvalue weighted by molar-refractivity contribution is 7.80. The molecule has 1 amide bonds. The fourth-order valence-corrected chi connectivity index (χ4v) is 3.79. The van der Waals surface area contributed by atoms with E-state index in [-0.39, 0.29) is 18.3 Å². The number of rotatable bonds is 8. The number of halogens is 1. The Bertz CT molecular complexity index is 1230. The minimum Gasteiger partial charge on any atom is -0.496 e. The molecule has 6 nitrogen and oxygen atoms in total. The normalized spacial score (nSPS) is 14.3. The molecule has 4 rings (SSSR count). The first-order valence-electron chi connectivity index (χ1n) is 10.6. The third kappa shape index (κ3) is 5.18. The van der Waals surface area contributed by atoms with Crippen LogP contribution < -0.4 is 24.4 Å². The summed E-state index contributed by atoms with van der Waals surface area (Å²) in [7, 11) is 1.57. The van der Waals surface area contributed by atoms with Gasteiger partial charge < -0.3 is 19.5 Å². The van der Waals surface area contributed by atoms with Gasteiger partial charge in [-0.1, -0.05) is 6.07 Å². The highest BCUT2D eigenvalue weighted by Crippen LogP contribution is 2.27. The minimum absolute atomic E-state index is 0.212. The van der Waals surface area contributed by atoms with E-state index in [1.54, 1.807) is 55.7 Å². The molecule has 1 aliphatic heterocycles. The maximum atomic E-state index is 13.1. The molecule has 1 saturated heterocycles. The van der Waals surface area contributed by atoms with Crippen LogP contribution in [-0.2, 0) is 11.4 Å². The van der Waals surface area contributed by atoms with E-state index in [0.717, 1.165) is 16.9 Å². The van der Waals surface area contributed by atoms with Crippen molar-refractivity contribution < 1.29 is 23.4 Å². The SMILES string of the molecule is CCOc1ccc(N2C(=O)/C(=C\c3ccc(OC)c(COc4ccc(F)cc4)c3)NC2=S)cc1. The summed E-state index contributed by atoms with van der Waals surface area (Å²) >= 11 is 5.40. The van der Waals surface area contributed by atoms with Gasteiger partial charge in [0.25, 0.3) is 5.91 Å². The first-order valence-corrected chi connectivity index (χ1v) is 11.0. The molecule has 0 unspecified atom stereocenters. The molecule has 0 aliphatic carbocycles. The summed E-state index contributed by atoms with van der Waals surface area (Å²) in [5.41, 5.74) is 2.55. The van der Waals surface area contributed by atoms with Crippen molar-refractivity contribution in [2.24, 2.45) is 0 Å². The molecular weight excluding hydrogens is 455 g/mol. The van der Waals surface area contributed by atoms with E-state index >= 15 is 0 Å². The zero-order chi connectivity index (χ0) is 24.1. The third-order valence-electron chi connectivity index (χ3n) is 5.11. The van der Waals surface area contributed by atoms with Crippen LogP contribution in [0.25, 0.3) is 6.08 Å². The monoisotopic (exact) mass is 478 g/mol. The summed E-state index contributed by atoms with van der Waals surface area (Å²) in [5.74, 6) is 1.32. The summed E-state index contributed by atoms with van der Waals surface area (Å²) in [6.07, 6.45) is 1.73. The van der Waals surface area contributed by atoms with E-state index in [1.165, 1.54) is 17.0 Å². The second-order valence-electron chi connectivity index (χ2n) is 7.37. The Kier molecular flexibility index (Phi) is 7.08. The first-order chi connectivity index (χ1) is 16.5. The van der Waals surface area contributed by atoms with E-state index in [9.17, 15) is 9.18 Å². The van der Waals surface area contributed by atoms with Gasteiger partial charge in [-0.25, -0.2) is 4.39 Å². The second-order valence-corrected chi connectivity index (χ2v) is 7.76. The standard InChI is InChI=1S/C26H23FN2O4S/c1-3-32-21-11-7-20(8-12-21)29-25(30)23(28-26(29)34)15-17-4-13-24(31-2)18(14-17)16-33-22-9-5-19(27)6-10-22/h4-15H,3,16H2,1-2H3,(H,28,34)/b23-15+. The molecule has 34 heavy (non-hydrogen) atoms. The van der Waals surface area contributed by atoms with Gasteiger partial charge in [0.05, 0.1) is 19.4 Å². The van der Waals surface area contributed by atoms with Crippen LogP contribution >= 0.6 is 12.2 Å². The summed E-state index contributed by atoms with van der Waals surface area (Å²) in [6, 6.07) is 18.5. The van der Waals surface area contributed by atoms with E-state index in [2.05, 4.69) is 5.32 Å². The predicted octanol–water partition coefficient (Wildman–Crippen LogP) is 5.07. The van der Waals surface area contributed by atoms with Crippen molar-refractivity contribution >= 4 is 35.0 Å². The summed E-state index contributed by atoms with van der Waals surface area (Å²) in [6.45, 7) is 2.69. The number of nitrogens with zero attached hydrogens (tertiary/aromatic N) is 1. The van der Waals surface area contributed by atoms with Crippen LogP contribution in [0.5, 0.6) is 17.2 Å². The van der Waals surface area contributed by atoms with Crippen LogP contribution in [0.2, 0.25) is 0 Å². The Morgan fingerprint density at radius 2 is 1.68 bits per heavy atom. The van der Waals surface area contributed by atoms with Gasteiger partial charge >= 0.3 is 0 Å². The van der Waals surface area contributed by atoms with E-state index in [4.69, 9.17) is 26.4 Å². The van der Waals surface area contributed by atoms with Crippen molar-refractivity contribution in [2.45, 2.75) is 13.5 Å². The lowest BCUT2D eigenvalue weighted by molar-refractivity contribution is -0.113. The number of ether oxygens (including phenoxy) is 3. The maximum absolute atomic E-state index is 13.1. The topological polar surface area (TPSA) is 60.0 Å². The average molecular weight is 479 g/mol. The third-order valence-corrected chi connectivity index (χ3v) is 5.39. The number of amides is 1. The Morgan fingerprint density at radius 3 is 2.35 bits per heavy atom. The summed E-state index contributed by atoms with van der Waals surface area (Å²) in [5, 5.41) is 3.29. The van der Waals surface area contributed by atoms with Crippen LogP contribution in [0.1, 0.15) is 18.1 Å². The first kappa shape index (κ1) is 23.3. The quantitative estimate of drug-likeness (QED) is 0.360. The lowest BCUT2D eigenvalue weighted by Crippen LogP contribution is -2.30. The molecule has 0 bridgehead atoms. The van der Waals surface area contributed by atoms with Gasteiger partial charge in [-0.15, -0.1) is 0 Å². The molecule has 1 N–H and O–H groups in total. The molecule has 0 radical (unpaired) electrons. The van der Waals surface area contributed by atoms with Crippen LogP contribution in [0.3, 0.4) is 0 Å². The Morgan fingerprint density at radius 1 is 1.00 bits per heavy atom. The number of benzene rings is 3. The molecule has 8 heteroatoms. The Labute approximate surface area is 202 Å². The predicted molar refractivity (Wildman–Crippen MR) is 133 cm³/mol. The molecule has 3 aromatic rings. The number of nitrogens with one attached hydrogen (secondary N) is 1. The zero-order valence-corrected chi connectivity index (χ0v) is 19.5. The molecule has 1 aliphatic rings. The molecule has 0 aromatic heterocycles. The molecule has 174 valence electrons. The maximum Gasteiger partial charge on any atom is 0.281 e. The number of thiocarbonyl (C=S) groups is 1. The van der Waals surface area contributed by atoms with Gasteiger partial charge in [-0.3, -0.25) is 9.69 Å². The van der Waals surface area contributed by atoms with Crippen molar-refractivity contribution in [3.63, 3.8) is 0 Å². The molecule has 0 saturated carbocycles. The van der Waals surface area contributed by atoms with E-state index < -0.39 is 0 Å². The van der Waals surface area contributed by atoms with Crippen molar-refractivity contribution in [2.75, 3.05) is 18.6 Å².